The summed E-state index contributed by atoms with van der Waals surface area (Å²) in [7, 11) is 2.13. The number of halogens is 1. The number of likely N-dealkylation sites (N-methyl/N-ethyl adjacent to an activating group) is 1. The molecule has 2 fully saturated rings. The molecule has 2 atom stereocenters. The van der Waals surface area contributed by atoms with Crippen LogP contribution in [0.4, 0.5) is 4.39 Å². The number of hydrogen-bond acceptors (Lipinski definition) is 4. The Kier molecular flexibility index (Phi) is 4.29. The van der Waals surface area contributed by atoms with Crippen molar-refractivity contribution in [1.29, 1.82) is 0 Å². The maximum atomic E-state index is 13.9. The van der Waals surface area contributed by atoms with Gasteiger partial charge in [-0.05, 0) is 51.4 Å². The molecule has 0 radical (unpaired) electrons. The summed E-state index contributed by atoms with van der Waals surface area (Å²) >= 11 is 0. The molecule has 2 aliphatic rings. The van der Waals surface area contributed by atoms with Crippen LogP contribution in [0.25, 0.3) is 11.3 Å². The molecule has 5 nitrogen and oxygen atoms in total. The van der Waals surface area contributed by atoms with Gasteiger partial charge in [-0.1, -0.05) is 17.3 Å². The highest BCUT2D eigenvalue weighted by Gasteiger charge is 2.39. The van der Waals surface area contributed by atoms with Crippen molar-refractivity contribution < 1.29 is 13.7 Å². The normalized spacial score (nSPS) is 24.2. The molecule has 2 saturated heterocycles. The molecule has 6 heteroatoms. The molecule has 132 valence electrons. The van der Waals surface area contributed by atoms with Crippen LogP contribution >= 0.6 is 0 Å². The van der Waals surface area contributed by atoms with E-state index in [1.807, 2.05) is 4.90 Å². The molecule has 1 aromatic heterocycles. The Morgan fingerprint density at radius 3 is 2.72 bits per heavy atom. The van der Waals surface area contributed by atoms with E-state index in [1.165, 1.54) is 12.5 Å². The Balaban J connectivity index is 1.56. The molecule has 25 heavy (non-hydrogen) atoms. The minimum Gasteiger partial charge on any atom is -0.355 e. The summed E-state index contributed by atoms with van der Waals surface area (Å²) in [6.45, 7) is 1.83. The van der Waals surface area contributed by atoms with Crippen LogP contribution in [-0.4, -0.2) is 53.1 Å². The topological polar surface area (TPSA) is 49.6 Å². The van der Waals surface area contributed by atoms with Gasteiger partial charge in [-0.15, -0.1) is 0 Å². The van der Waals surface area contributed by atoms with Crippen molar-refractivity contribution in [2.45, 2.75) is 37.8 Å². The molecule has 1 aromatic carbocycles. The molecule has 4 rings (SSSR count). The number of amides is 1. The highest BCUT2D eigenvalue weighted by molar-refractivity contribution is 5.93. The maximum Gasteiger partial charge on any atom is 0.276 e. The van der Waals surface area contributed by atoms with E-state index in [0.717, 1.165) is 32.4 Å². The first-order valence-corrected chi connectivity index (χ1v) is 8.88. The third-order valence-electron chi connectivity index (χ3n) is 5.45. The van der Waals surface area contributed by atoms with Gasteiger partial charge in [0, 0.05) is 24.7 Å². The molecule has 3 heterocycles. The smallest absolute Gasteiger partial charge is 0.276 e. The quantitative estimate of drug-likeness (QED) is 0.859. The van der Waals surface area contributed by atoms with Gasteiger partial charge < -0.3 is 14.3 Å². The van der Waals surface area contributed by atoms with Crippen molar-refractivity contribution in [2.24, 2.45) is 0 Å². The number of benzene rings is 1. The van der Waals surface area contributed by atoms with Gasteiger partial charge in [0.25, 0.3) is 5.91 Å². The van der Waals surface area contributed by atoms with Crippen LogP contribution in [0.2, 0.25) is 0 Å². The first-order chi connectivity index (χ1) is 12.1. The number of nitrogens with zero attached hydrogens (tertiary/aromatic N) is 3. The fourth-order valence-electron chi connectivity index (χ4n) is 4.18. The average molecular weight is 343 g/mol. The predicted octanol–water partition coefficient (Wildman–Crippen LogP) is 3.18. The van der Waals surface area contributed by atoms with Crippen molar-refractivity contribution in [3.8, 4) is 11.3 Å². The van der Waals surface area contributed by atoms with E-state index in [2.05, 4.69) is 17.1 Å². The average Bonchev–Trinajstić information content (AvgIpc) is 3.34. The Labute approximate surface area is 146 Å². The van der Waals surface area contributed by atoms with Gasteiger partial charge in [-0.25, -0.2) is 4.39 Å². The van der Waals surface area contributed by atoms with Crippen LogP contribution in [0.1, 0.15) is 36.2 Å². The van der Waals surface area contributed by atoms with Crippen molar-refractivity contribution in [1.82, 2.24) is 15.0 Å². The number of rotatable bonds is 3. The monoisotopic (exact) mass is 343 g/mol. The Hall–Kier alpha value is -2.21. The van der Waals surface area contributed by atoms with Crippen LogP contribution < -0.4 is 0 Å². The molecular weight excluding hydrogens is 321 g/mol. The second-order valence-electron chi connectivity index (χ2n) is 6.95. The molecule has 2 aromatic rings. The number of hydrogen-bond donors (Lipinski definition) is 0. The summed E-state index contributed by atoms with van der Waals surface area (Å²) in [6.07, 6.45) is 4.35. The SMILES string of the molecule is CN1CCC[C@H]1[C@H]1CCCN1C(=O)c1cc(-c2ccccc2F)on1. The minimum atomic E-state index is -0.385. The molecule has 0 unspecified atom stereocenters. The Morgan fingerprint density at radius 1 is 1.20 bits per heavy atom. The predicted molar refractivity (Wildman–Crippen MR) is 91.6 cm³/mol. The van der Waals surface area contributed by atoms with Crippen LogP contribution in [-0.2, 0) is 0 Å². The lowest BCUT2D eigenvalue weighted by Crippen LogP contribution is -2.47. The number of likely N-dealkylation sites (tertiary alicyclic amines) is 2. The lowest BCUT2D eigenvalue weighted by molar-refractivity contribution is 0.0654. The lowest BCUT2D eigenvalue weighted by Gasteiger charge is -2.32. The first-order valence-electron chi connectivity index (χ1n) is 8.88. The molecule has 0 aliphatic carbocycles. The largest absolute Gasteiger partial charge is 0.355 e. The van der Waals surface area contributed by atoms with Crippen molar-refractivity contribution >= 4 is 5.91 Å². The summed E-state index contributed by atoms with van der Waals surface area (Å²) in [6, 6.07) is 8.54. The summed E-state index contributed by atoms with van der Waals surface area (Å²) < 4.78 is 19.2. The van der Waals surface area contributed by atoms with E-state index in [9.17, 15) is 9.18 Å². The van der Waals surface area contributed by atoms with Crippen LogP contribution in [0.3, 0.4) is 0 Å². The zero-order chi connectivity index (χ0) is 17.4. The van der Waals surface area contributed by atoms with Crippen molar-refractivity contribution in [3.63, 3.8) is 0 Å². The highest BCUT2D eigenvalue weighted by Crippen LogP contribution is 2.31. The van der Waals surface area contributed by atoms with Gasteiger partial charge >= 0.3 is 0 Å². The van der Waals surface area contributed by atoms with Gasteiger partial charge in [0.2, 0.25) is 0 Å². The summed E-state index contributed by atoms with van der Waals surface area (Å²) in [5, 5.41) is 3.91. The number of aromatic nitrogens is 1. The maximum absolute atomic E-state index is 13.9. The number of carbonyl (C=O) groups excluding carboxylic acids is 1. The van der Waals surface area contributed by atoms with Gasteiger partial charge in [0.1, 0.15) is 5.82 Å². The fourth-order valence-corrected chi connectivity index (χ4v) is 4.18. The third kappa shape index (κ3) is 2.95. The van der Waals surface area contributed by atoms with Gasteiger partial charge in [-0.2, -0.15) is 0 Å². The summed E-state index contributed by atoms with van der Waals surface area (Å²) in [5.74, 6) is -0.214. The molecule has 1 amide bonds. The van der Waals surface area contributed by atoms with Crippen LogP contribution in [0.15, 0.2) is 34.9 Å². The number of carbonyl (C=O) groups is 1. The van der Waals surface area contributed by atoms with E-state index in [4.69, 9.17) is 4.52 Å². The Bertz CT molecular complexity index is 776. The zero-order valence-electron chi connectivity index (χ0n) is 14.3. The van der Waals surface area contributed by atoms with Gasteiger partial charge in [0.15, 0.2) is 11.5 Å². The van der Waals surface area contributed by atoms with Gasteiger partial charge in [0.05, 0.1) is 5.56 Å². The van der Waals surface area contributed by atoms with E-state index in [1.54, 1.807) is 24.3 Å². The zero-order valence-corrected chi connectivity index (χ0v) is 14.3. The molecule has 0 spiro atoms. The first kappa shape index (κ1) is 16.3. The summed E-state index contributed by atoms with van der Waals surface area (Å²) in [4.78, 5) is 17.2. The fraction of sp³-hybridized carbons (Fsp3) is 0.474. The van der Waals surface area contributed by atoms with E-state index >= 15 is 0 Å². The molecule has 2 aliphatic heterocycles. The minimum absolute atomic E-state index is 0.117. The van der Waals surface area contributed by atoms with Crippen LogP contribution in [0, 0.1) is 5.82 Å². The van der Waals surface area contributed by atoms with E-state index < -0.39 is 0 Å². The van der Waals surface area contributed by atoms with Crippen molar-refractivity contribution in [2.75, 3.05) is 20.1 Å². The third-order valence-corrected chi connectivity index (χ3v) is 5.45. The highest BCUT2D eigenvalue weighted by atomic mass is 19.1. The summed E-state index contributed by atoms with van der Waals surface area (Å²) in [5.41, 5.74) is 0.577. The standard InChI is InChI=1S/C19H22FN3O2/c1-22-10-4-8-16(22)17-9-5-11-23(17)19(24)15-12-18(25-21-15)13-6-2-3-7-14(13)20/h2-3,6-7,12,16-17H,4-5,8-11H2,1H3/t16-,17+/m0/s1. The van der Waals surface area contributed by atoms with Crippen molar-refractivity contribution in [3.05, 3.63) is 41.8 Å². The van der Waals surface area contributed by atoms with E-state index in [-0.39, 0.29) is 29.2 Å². The molecular formula is C19H22FN3O2. The van der Waals surface area contributed by atoms with E-state index in [0.29, 0.717) is 11.6 Å². The second-order valence-corrected chi connectivity index (χ2v) is 6.95. The van der Waals surface area contributed by atoms with Crippen LogP contribution in [0.5, 0.6) is 0 Å². The van der Waals surface area contributed by atoms with Gasteiger partial charge in [-0.3, -0.25) is 4.79 Å². The Morgan fingerprint density at radius 2 is 1.96 bits per heavy atom. The molecule has 0 bridgehead atoms. The lowest BCUT2D eigenvalue weighted by atomic mass is 10.0. The second kappa shape index (κ2) is 6.59. The molecule has 0 N–H and O–H groups in total. The molecule has 0 saturated carbocycles.